The zero-order valence-electron chi connectivity index (χ0n) is 19.4. The van der Waals surface area contributed by atoms with Crippen LogP contribution in [-0.4, -0.2) is 33.3 Å². The lowest BCUT2D eigenvalue weighted by atomic mass is 10.1. The summed E-state index contributed by atoms with van der Waals surface area (Å²) in [7, 11) is 1.56. The lowest BCUT2D eigenvalue weighted by molar-refractivity contribution is -0.118. The summed E-state index contributed by atoms with van der Waals surface area (Å²) in [5, 5.41) is 4.22. The number of carbonyl (C=O) groups is 1. The topological polar surface area (TPSA) is 89.0 Å². The Hall–Kier alpha value is -4.04. The highest BCUT2D eigenvalue weighted by atomic mass is 32.2. The monoisotopic (exact) mass is 484 g/mol. The van der Waals surface area contributed by atoms with Crippen molar-refractivity contribution in [3.63, 3.8) is 0 Å². The second kappa shape index (κ2) is 9.68. The second-order valence-electron chi connectivity index (χ2n) is 8.15. The van der Waals surface area contributed by atoms with Gasteiger partial charge in [-0.3, -0.25) is 9.59 Å². The molecule has 0 bridgehead atoms. The minimum atomic E-state index is -0.252. The quantitative estimate of drug-likeness (QED) is 0.261. The maximum absolute atomic E-state index is 13.7. The number of para-hydroxylation sites is 3. The van der Waals surface area contributed by atoms with Gasteiger partial charge in [-0.2, -0.15) is 0 Å². The molecule has 0 spiro atoms. The highest BCUT2D eigenvalue weighted by molar-refractivity contribution is 7.99. The fourth-order valence-corrected chi connectivity index (χ4v) is 4.78. The highest BCUT2D eigenvalue weighted by Gasteiger charge is 2.20. The number of nitrogens with zero attached hydrogens (tertiary/aromatic N) is 2. The molecular weight excluding hydrogens is 460 g/mol. The Kier molecular flexibility index (Phi) is 6.29. The van der Waals surface area contributed by atoms with Gasteiger partial charge in [-0.15, -0.1) is 0 Å². The van der Waals surface area contributed by atoms with Crippen LogP contribution < -0.4 is 15.6 Å². The van der Waals surface area contributed by atoms with E-state index in [1.165, 1.54) is 21.9 Å². The molecule has 0 saturated heterocycles. The van der Waals surface area contributed by atoms with Crippen LogP contribution in [0.2, 0.25) is 0 Å². The third-order valence-electron chi connectivity index (χ3n) is 5.76. The summed E-state index contributed by atoms with van der Waals surface area (Å²) >= 11 is 1.22. The normalized spacial score (nSPS) is 11.1. The molecule has 35 heavy (non-hydrogen) atoms. The molecule has 2 aromatic heterocycles. The van der Waals surface area contributed by atoms with E-state index in [4.69, 9.17) is 9.72 Å². The maximum atomic E-state index is 13.7. The van der Waals surface area contributed by atoms with Crippen LogP contribution in [0.5, 0.6) is 5.75 Å². The Morgan fingerprint density at radius 3 is 2.60 bits per heavy atom. The van der Waals surface area contributed by atoms with E-state index in [0.717, 1.165) is 16.5 Å². The first kappa shape index (κ1) is 22.7. The molecule has 0 atom stereocenters. The van der Waals surface area contributed by atoms with E-state index >= 15 is 0 Å². The summed E-state index contributed by atoms with van der Waals surface area (Å²) in [4.78, 5) is 34.4. The van der Waals surface area contributed by atoms with Crippen LogP contribution in [0, 0.1) is 6.92 Å². The number of aromatic nitrogens is 3. The van der Waals surface area contributed by atoms with Gasteiger partial charge in [0.2, 0.25) is 5.91 Å². The fraction of sp³-hybridized carbons (Fsp3) is 0.148. The van der Waals surface area contributed by atoms with Gasteiger partial charge in [0.25, 0.3) is 5.56 Å². The van der Waals surface area contributed by atoms with Crippen LogP contribution in [0.1, 0.15) is 11.1 Å². The van der Waals surface area contributed by atoms with Crippen molar-refractivity contribution in [2.24, 2.45) is 0 Å². The number of benzene rings is 3. The average Bonchev–Trinajstić information content (AvgIpc) is 3.26. The van der Waals surface area contributed by atoms with E-state index in [2.05, 4.69) is 10.3 Å². The molecule has 0 aliphatic carbocycles. The van der Waals surface area contributed by atoms with Crippen LogP contribution >= 0.6 is 11.8 Å². The van der Waals surface area contributed by atoms with E-state index < -0.39 is 0 Å². The number of aromatic amines is 1. The number of nitrogens with one attached hydrogen (secondary N) is 2. The van der Waals surface area contributed by atoms with E-state index in [1.54, 1.807) is 19.2 Å². The van der Waals surface area contributed by atoms with E-state index in [-0.39, 0.29) is 17.2 Å². The Balaban J connectivity index is 1.51. The summed E-state index contributed by atoms with van der Waals surface area (Å²) in [6.07, 6.45) is 0. The van der Waals surface area contributed by atoms with Crippen molar-refractivity contribution in [3.8, 4) is 11.4 Å². The number of thioether (sulfide) groups is 1. The summed E-state index contributed by atoms with van der Waals surface area (Å²) < 4.78 is 7.02. The van der Waals surface area contributed by atoms with Crippen LogP contribution in [0.15, 0.2) is 82.7 Å². The van der Waals surface area contributed by atoms with Crippen molar-refractivity contribution in [2.45, 2.75) is 18.6 Å². The zero-order chi connectivity index (χ0) is 24.4. The number of aryl methyl sites for hydroxylation is 1. The molecule has 1 amide bonds. The second-order valence-corrected chi connectivity index (χ2v) is 9.09. The molecule has 176 valence electrons. The Morgan fingerprint density at radius 1 is 1.06 bits per heavy atom. The standard InChI is InChI=1S/C27H24N4O3S/c1-17-11-13-18(14-12-17)15-28-23(32)16-35-27-30-24-19-7-3-4-8-20(19)29-25(24)26(33)31(27)21-9-5-6-10-22(21)34-2/h3-14,29H,15-16H2,1-2H3,(H,28,32). The first-order valence-electron chi connectivity index (χ1n) is 11.2. The number of rotatable bonds is 7. The molecule has 0 unspecified atom stereocenters. The molecule has 2 N–H and O–H groups in total. The predicted molar refractivity (Wildman–Crippen MR) is 139 cm³/mol. The van der Waals surface area contributed by atoms with Crippen molar-refractivity contribution in [1.29, 1.82) is 0 Å². The first-order valence-corrected chi connectivity index (χ1v) is 12.2. The van der Waals surface area contributed by atoms with Crippen molar-refractivity contribution < 1.29 is 9.53 Å². The number of H-pyrrole nitrogens is 1. The minimum absolute atomic E-state index is 0.112. The van der Waals surface area contributed by atoms with Gasteiger partial charge in [-0.25, -0.2) is 9.55 Å². The number of hydrogen-bond acceptors (Lipinski definition) is 5. The number of carbonyl (C=O) groups excluding carboxylic acids is 1. The van der Waals surface area contributed by atoms with Crippen molar-refractivity contribution in [2.75, 3.05) is 12.9 Å². The van der Waals surface area contributed by atoms with Gasteiger partial charge >= 0.3 is 0 Å². The molecular formula is C27H24N4O3S. The minimum Gasteiger partial charge on any atom is -0.495 e. The van der Waals surface area contributed by atoms with Crippen molar-refractivity contribution >= 4 is 39.6 Å². The summed E-state index contributed by atoms with van der Waals surface area (Å²) in [5.41, 5.74) is 4.33. The van der Waals surface area contributed by atoms with Crippen molar-refractivity contribution in [3.05, 3.63) is 94.3 Å². The summed E-state index contributed by atoms with van der Waals surface area (Å²) in [6, 6.07) is 23.0. The molecule has 3 aromatic carbocycles. The van der Waals surface area contributed by atoms with Crippen LogP contribution in [0.4, 0.5) is 0 Å². The molecule has 7 nitrogen and oxygen atoms in total. The predicted octanol–water partition coefficient (Wildman–Crippen LogP) is 4.59. The Bertz CT molecular complexity index is 1590. The first-order chi connectivity index (χ1) is 17.0. The number of fused-ring (bicyclic) bond motifs is 3. The molecule has 2 heterocycles. The van der Waals surface area contributed by atoms with Crippen LogP contribution in [0.3, 0.4) is 0 Å². The van der Waals surface area contributed by atoms with E-state index in [9.17, 15) is 9.59 Å². The molecule has 5 rings (SSSR count). The summed E-state index contributed by atoms with van der Waals surface area (Å²) in [6.45, 7) is 2.46. The molecule has 0 radical (unpaired) electrons. The Labute approximate surface area is 206 Å². The van der Waals surface area contributed by atoms with Gasteiger partial charge < -0.3 is 15.0 Å². The third kappa shape index (κ3) is 4.52. The van der Waals surface area contributed by atoms with E-state index in [1.807, 2.05) is 67.6 Å². The largest absolute Gasteiger partial charge is 0.495 e. The van der Waals surface area contributed by atoms with Gasteiger partial charge in [0.1, 0.15) is 16.8 Å². The number of ether oxygens (including phenoxy) is 1. The van der Waals surface area contributed by atoms with Gasteiger partial charge in [0.05, 0.1) is 18.6 Å². The smallest absolute Gasteiger partial charge is 0.283 e. The lowest BCUT2D eigenvalue weighted by Crippen LogP contribution is -2.26. The van der Waals surface area contributed by atoms with Gasteiger partial charge in [-0.05, 0) is 30.7 Å². The maximum Gasteiger partial charge on any atom is 0.283 e. The van der Waals surface area contributed by atoms with Gasteiger partial charge in [-0.1, -0.05) is 71.9 Å². The SMILES string of the molecule is COc1ccccc1-n1c(SCC(=O)NCc2ccc(C)cc2)nc2c([nH]c3ccccc32)c1=O. The third-order valence-corrected chi connectivity index (χ3v) is 6.70. The molecule has 0 saturated carbocycles. The highest BCUT2D eigenvalue weighted by Crippen LogP contribution is 2.29. The number of amides is 1. The van der Waals surface area contributed by atoms with E-state index in [0.29, 0.717) is 34.2 Å². The van der Waals surface area contributed by atoms with Crippen molar-refractivity contribution in [1.82, 2.24) is 19.9 Å². The van der Waals surface area contributed by atoms with Gasteiger partial charge in [0, 0.05) is 17.4 Å². The number of hydrogen-bond donors (Lipinski definition) is 2. The molecule has 0 aliphatic rings. The Morgan fingerprint density at radius 2 is 1.80 bits per heavy atom. The van der Waals surface area contributed by atoms with Crippen LogP contribution in [-0.2, 0) is 11.3 Å². The molecule has 8 heteroatoms. The van der Waals surface area contributed by atoms with Crippen LogP contribution in [0.25, 0.3) is 27.6 Å². The molecule has 0 aliphatic heterocycles. The van der Waals surface area contributed by atoms with Gasteiger partial charge in [0.15, 0.2) is 5.16 Å². The fourth-order valence-electron chi connectivity index (χ4n) is 3.95. The lowest BCUT2D eigenvalue weighted by Gasteiger charge is -2.15. The molecule has 5 aromatic rings. The summed E-state index contributed by atoms with van der Waals surface area (Å²) in [5.74, 6) is 0.509. The zero-order valence-corrected chi connectivity index (χ0v) is 20.2. The number of methoxy groups -OCH3 is 1. The average molecular weight is 485 g/mol. The molecule has 0 fully saturated rings.